The number of aryl methyl sites for hydroxylation is 2. The van der Waals surface area contributed by atoms with Crippen LogP contribution in [0.25, 0.3) is 0 Å². The van der Waals surface area contributed by atoms with E-state index in [-0.39, 0.29) is 76.1 Å². The minimum Gasteiger partial charge on any atom is -0.377 e. The number of likely N-dealkylation sites (N-methyl/N-ethyl adjacent to an activating group) is 7. The number of carbonyl (C=O) groups excluding carboxylic acids is 12. The van der Waals surface area contributed by atoms with Crippen molar-refractivity contribution < 1.29 is 84.2 Å². The lowest BCUT2D eigenvalue weighted by Gasteiger charge is -2.46. The van der Waals surface area contributed by atoms with E-state index in [1.807, 2.05) is 26.0 Å². The molecule has 3 N–H and O–H groups in total. The molecule has 0 aromatic heterocycles. The van der Waals surface area contributed by atoms with Crippen molar-refractivity contribution in [1.82, 2.24) is 60.0 Å². The Hall–Kier alpha value is -8.57. The molecule has 107 heavy (non-hydrogen) atoms. The lowest BCUT2D eigenvalue weighted by atomic mass is 9.74. The van der Waals surface area contributed by atoms with Gasteiger partial charge in [-0.15, -0.1) is 0 Å². The largest absolute Gasteiger partial charge is 0.422 e. The van der Waals surface area contributed by atoms with E-state index in [1.165, 1.54) is 80.9 Å². The summed E-state index contributed by atoms with van der Waals surface area (Å²) in [5, 5.41) is 8.53. The van der Waals surface area contributed by atoms with E-state index >= 15 is 47.1 Å². The van der Waals surface area contributed by atoms with E-state index in [9.17, 15) is 32.3 Å². The highest BCUT2D eigenvalue weighted by atomic mass is 19.4. The second-order valence-corrected chi connectivity index (χ2v) is 30.6. The maximum Gasteiger partial charge on any atom is 0.422 e. The van der Waals surface area contributed by atoms with Crippen molar-refractivity contribution in [2.24, 2.45) is 17.8 Å². The molecule has 0 radical (unpaired) electrons. The van der Waals surface area contributed by atoms with Gasteiger partial charge in [-0.05, 0) is 119 Å². The fourth-order valence-corrected chi connectivity index (χ4v) is 16.0. The van der Waals surface area contributed by atoms with E-state index in [4.69, 9.17) is 4.74 Å². The summed E-state index contributed by atoms with van der Waals surface area (Å²) in [4.78, 5) is 193. The molecule has 3 heterocycles. The van der Waals surface area contributed by atoms with Crippen LogP contribution in [0.3, 0.4) is 0 Å². The predicted octanol–water partition coefficient (Wildman–Crippen LogP) is 5.56. The Morgan fingerprint density at radius 1 is 0.682 bits per heavy atom. The van der Waals surface area contributed by atoms with Crippen molar-refractivity contribution in [3.8, 4) is 0 Å². The van der Waals surface area contributed by atoms with Crippen LogP contribution in [-0.4, -0.2) is 264 Å². The molecule has 1 spiro atoms. The second-order valence-electron chi connectivity index (χ2n) is 30.6. The molecule has 3 aliphatic carbocycles. The maximum atomic E-state index is 15.6. The molecular formula is C77H109F5N12O13. The van der Waals surface area contributed by atoms with Crippen LogP contribution in [0.2, 0.25) is 0 Å². The Labute approximate surface area is 624 Å². The summed E-state index contributed by atoms with van der Waals surface area (Å²) >= 11 is 0. The number of fused-ring (bicyclic) bond motifs is 3. The summed E-state index contributed by atoms with van der Waals surface area (Å²) in [7, 11) is 11.3. The zero-order valence-electron chi connectivity index (χ0n) is 63.9. The number of benzene rings is 2. The zero-order valence-corrected chi connectivity index (χ0v) is 63.9. The lowest BCUT2D eigenvalue weighted by Crippen LogP contribution is -2.68. The molecule has 8 rings (SSSR count). The Kier molecular flexibility index (Phi) is 28.7. The van der Waals surface area contributed by atoms with Gasteiger partial charge in [0, 0.05) is 88.9 Å². The van der Waals surface area contributed by atoms with Gasteiger partial charge in [-0.2, -0.15) is 13.2 Å². The number of ether oxygens (including phenoxy) is 1. The first kappa shape index (κ1) is 84.1. The van der Waals surface area contributed by atoms with Gasteiger partial charge in [0.1, 0.15) is 71.1 Å². The molecule has 25 nitrogen and oxygen atoms in total. The normalized spacial score (nSPS) is 26.9. The van der Waals surface area contributed by atoms with Crippen molar-refractivity contribution in [3.05, 3.63) is 82.4 Å². The number of amides is 12. The van der Waals surface area contributed by atoms with Crippen LogP contribution < -0.4 is 16.0 Å². The molecule has 3 saturated carbocycles. The molecule has 0 unspecified atom stereocenters. The van der Waals surface area contributed by atoms with Crippen molar-refractivity contribution in [2.75, 3.05) is 89.2 Å². The van der Waals surface area contributed by atoms with Gasteiger partial charge in [-0.1, -0.05) is 101 Å². The standard InChI is InChI=1S/C77H109F5N12O13/c1-13-47(4)65-73(104)88(8)45-63(97)89(9)56-27-16-15-21-36-93(72(56)103)60(40-49-30-28-46(3)29-31-49)71(102)87(7)44-61(95)83-55(33-32-50-37-53(78)64(54(79)38-50)77(80,81)82)69(100)94-43-52(107-14-2)41-58(94)68(99)85-76(34-22-35-76)75(106)92(12)66(51-25-19-20-26-51)74(105)91(11)59(70(101)86(5)6)42-62(96)90(10)57(67(98)84-65)39-48-23-17-18-24-48/h15-16,28-31,37-38,47-48,51-52,55-60,65-66H,13-14,17-27,32-36,39-45H2,1-12H3,(H,83,95)(H,84,98)(H,85,99)/b16-15-/t47-,52+,55-,56-,57-,58-,59-,60-,65-,66-/m0/s1. The summed E-state index contributed by atoms with van der Waals surface area (Å²) < 4.78 is 78.0. The SMILES string of the molecule is CCO[C@@H]1C[C@H]2C(=O)NC3(CCC3)C(=O)N(C)[C@@H](C3CCCC3)C(=O)N(C)[C@H](C(=O)N(C)C)CC(=O)N(C)[C@@H](CC3CCCC3)C(=O)N[C@@H]([C@@H](C)CC)C(=O)N(C)CC(=O)N(C)[C@H]3C/C=C\CCN(C3=O)[C@@H](Cc3ccc(C)cc3)C(=O)N(C)CC(=O)N[C@@H](CCc3cc(F)c(C(F)(F)F)c(F)c3)C(=O)N2C1. The van der Waals surface area contributed by atoms with Crippen molar-refractivity contribution in [2.45, 2.75) is 222 Å². The van der Waals surface area contributed by atoms with E-state index < -0.39 is 198 Å². The second kappa shape index (κ2) is 36.6. The van der Waals surface area contributed by atoms with Crippen LogP contribution in [-0.2, 0) is 81.3 Å². The first-order chi connectivity index (χ1) is 50.5. The van der Waals surface area contributed by atoms with Gasteiger partial charge >= 0.3 is 6.18 Å². The summed E-state index contributed by atoms with van der Waals surface area (Å²) in [6.45, 7) is 5.51. The van der Waals surface area contributed by atoms with Gasteiger partial charge in [-0.3, -0.25) is 57.5 Å². The van der Waals surface area contributed by atoms with Gasteiger partial charge in [0.2, 0.25) is 70.9 Å². The molecule has 12 amide bonds. The summed E-state index contributed by atoms with van der Waals surface area (Å²) in [5.41, 5.74) is -2.66. The van der Waals surface area contributed by atoms with Gasteiger partial charge in [0.25, 0.3) is 0 Å². The highest BCUT2D eigenvalue weighted by molar-refractivity contribution is 6.01. The molecule has 2 aromatic rings. The van der Waals surface area contributed by atoms with Crippen LogP contribution in [0.5, 0.6) is 0 Å². The number of nitrogens with zero attached hydrogens (tertiary/aromatic N) is 9. The Bertz CT molecular complexity index is 3600. The Morgan fingerprint density at radius 3 is 1.90 bits per heavy atom. The van der Waals surface area contributed by atoms with Crippen LogP contribution in [0, 0.1) is 36.3 Å². The third-order valence-corrected chi connectivity index (χ3v) is 22.9. The molecule has 10 atom stereocenters. The van der Waals surface area contributed by atoms with Gasteiger partial charge < -0.3 is 64.8 Å². The summed E-state index contributed by atoms with van der Waals surface area (Å²) in [6.07, 6.45) is 2.40. The van der Waals surface area contributed by atoms with Crippen LogP contribution in [0.4, 0.5) is 22.0 Å². The number of alkyl halides is 3. The van der Waals surface area contributed by atoms with E-state index in [0.717, 1.165) is 50.8 Å². The van der Waals surface area contributed by atoms with Gasteiger partial charge in [0.05, 0.1) is 25.6 Å². The summed E-state index contributed by atoms with van der Waals surface area (Å²) in [5.74, 6) is -13.7. The van der Waals surface area contributed by atoms with Crippen LogP contribution >= 0.6 is 0 Å². The molecule has 2 aromatic carbocycles. The first-order valence-electron chi connectivity index (χ1n) is 37.7. The third kappa shape index (κ3) is 20.0. The van der Waals surface area contributed by atoms with Crippen molar-refractivity contribution >= 4 is 70.9 Å². The molecular weight excluding hydrogens is 1400 g/mol. The minimum atomic E-state index is -5.41. The average molecular weight is 1510 g/mol. The van der Waals surface area contributed by atoms with Crippen molar-refractivity contribution in [3.63, 3.8) is 0 Å². The number of halogens is 5. The molecule has 6 aliphatic rings. The fourth-order valence-electron chi connectivity index (χ4n) is 16.0. The topological polar surface area (TPSA) is 279 Å². The van der Waals surface area contributed by atoms with Crippen LogP contribution in [0.1, 0.15) is 159 Å². The molecule has 5 fully saturated rings. The monoisotopic (exact) mass is 1500 g/mol. The molecule has 2 bridgehead atoms. The Balaban J connectivity index is 1.22. The number of hydrogen-bond acceptors (Lipinski definition) is 13. The highest BCUT2D eigenvalue weighted by Crippen LogP contribution is 2.40. The van der Waals surface area contributed by atoms with Gasteiger partial charge in [-0.25, -0.2) is 8.78 Å². The highest BCUT2D eigenvalue weighted by Gasteiger charge is 2.54. The first-order valence-corrected chi connectivity index (χ1v) is 37.7. The van der Waals surface area contributed by atoms with Crippen LogP contribution in [0.15, 0.2) is 48.6 Å². The van der Waals surface area contributed by atoms with E-state index in [2.05, 4.69) is 16.0 Å². The molecule has 3 aliphatic heterocycles. The number of rotatable bonds is 13. The quantitative estimate of drug-likeness (QED) is 0.164. The number of nitrogens with one attached hydrogen (secondary N) is 3. The Morgan fingerprint density at radius 2 is 1.31 bits per heavy atom. The number of carbonyl (C=O) groups is 12. The van der Waals surface area contributed by atoms with Crippen molar-refractivity contribution in [1.29, 1.82) is 0 Å². The average Bonchev–Trinajstić information content (AvgIpc) is 1.48. The third-order valence-electron chi connectivity index (χ3n) is 22.9. The van der Waals surface area contributed by atoms with E-state index in [0.29, 0.717) is 56.2 Å². The molecule has 30 heteroatoms. The minimum absolute atomic E-state index is 0.00330. The maximum absolute atomic E-state index is 15.6. The van der Waals surface area contributed by atoms with Gasteiger partial charge in [0.15, 0.2) is 0 Å². The molecule has 2 saturated heterocycles. The molecule has 590 valence electrons. The summed E-state index contributed by atoms with van der Waals surface area (Å²) in [6, 6.07) is -2.86. The number of hydrogen-bond donors (Lipinski definition) is 3. The lowest BCUT2D eigenvalue weighted by molar-refractivity contribution is -0.158. The van der Waals surface area contributed by atoms with E-state index in [1.54, 1.807) is 38.1 Å². The fraction of sp³-hybridized carbons (Fsp3) is 0.662. The zero-order chi connectivity index (χ0) is 78.7. The smallest absolute Gasteiger partial charge is 0.377 e. The predicted molar refractivity (Wildman–Crippen MR) is 385 cm³/mol.